The van der Waals surface area contributed by atoms with Crippen LogP contribution in [0, 0.1) is 0 Å². The van der Waals surface area contributed by atoms with E-state index >= 15 is 0 Å². The van der Waals surface area contributed by atoms with Gasteiger partial charge < -0.3 is 4.57 Å². The predicted molar refractivity (Wildman–Crippen MR) is 123 cm³/mol. The van der Waals surface area contributed by atoms with E-state index in [1.165, 1.54) is 10.9 Å². The molecule has 0 radical (unpaired) electrons. The fraction of sp³-hybridized carbons (Fsp3) is 0.261. The second-order valence-corrected chi connectivity index (χ2v) is 7.63. The Morgan fingerprint density at radius 3 is 2.39 bits per heavy atom. The van der Waals surface area contributed by atoms with Gasteiger partial charge >= 0.3 is 0 Å². The van der Waals surface area contributed by atoms with E-state index in [1.807, 2.05) is 12.1 Å². The largest absolute Gasteiger partial charge is 0.308 e. The lowest BCUT2D eigenvalue weighted by Crippen LogP contribution is -2.43. The lowest BCUT2D eigenvalue weighted by atomic mass is 10.1. The molecule has 2 amide bonds. The van der Waals surface area contributed by atoms with Crippen molar-refractivity contribution in [2.24, 2.45) is 7.05 Å². The van der Waals surface area contributed by atoms with Gasteiger partial charge in [-0.05, 0) is 24.6 Å². The van der Waals surface area contributed by atoms with Gasteiger partial charge in [0.15, 0.2) is 5.69 Å². The van der Waals surface area contributed by atoms with Gasteiger partial charge in [-0.15, -0.1) is 0 Å². The number of nitrogens with one attached hydrogen (secondary N) is 2. The average Bonchev–Trinajstić information content (AvgIpc) is 3.48. The van der Waals surface area contributed by atoms with Gasteiger partial charge in [0.25, 0.3) is 17.4 Å². The van der Waals surface area contributed by atoms with Crippen LogP contribution in [-0.2, 0) is 13.6 Å². The molecule has 4 aromatic rings. The van der Waals surface area contributed by atoms with Crippen molar-refractivity contribution in [1.82, 2.24) is 35.0 Å². The third-order valence-corrected chi connectivity index (χ3v) is 5.35. The van der Waals surface area contributed by atoms with Gasteiger partial charge in [-0.25, -0.2) is 4.68 Å². The summed E-state index contributed by atoms with van der Waals surface area (Å²) in [6, 6.07) is 10.5. The SMILES string of the molecule is CCCCCn1nc(C(=O)NNC(=O)c2cnn(C)c2-n2cccc2)c2ccccc2c1=O. The number of nitrogens with zero attached hydrogens (tertiary/aromatic N) is 5. The van der Waals surface area contributed by atoms with Crippen LogP contribution in [-0.4, -0.2) is 35.9 Å². The monoisotopic (exact) mass is 447 g/mol. The maximum absolute atomic E-state index is 13.0. The minimum absolute atomic E-state index is 0.0684. The van der Waals surface area contributed by atoms with Crippen molar-refractivity contribution in [3.8, 4) is 5.82 Å². The highest BCUT2D eigenvalue weighted by Gasteiger charge is 2.20. The Bertz CT molecular complexity index is 1350. The highest BCUT2D eigenvalue weighted by atomic mass is 16.2. The fourth-order valence-electron chi connectivity index (χ4n) is 3.68. The van der Waals surface area contributed by atoms with Crippen LogP contribution in [0.15, 0.2) is 59.8 Å². The van der Waals surface area contributed by atoms with E-state index in [1.54, 1.807) is 53.0 Å². The Morgan fingerprint density at radius 1 is 0.970 bits per heavy atom. The molecule has 10 heteroatoms. The molecule has 3 aromatic heterocycles. The van der Waals surface area contributed by atoms with Crippen molar-refractivity contribution in [3.05, 3.63) is 76.6 Å². The summed E-state index contributed by atoms with van der Waals surface area (Å²) in [7, 11) is 1.72. The molecule has 0 fully saturated rings. The standard InChI is InChI=1S/C23H25N7O3/c1-3-4-7-14-30-23(33)17-11-6-5-10-16(17)19(27-30)21(32)26-25-20(31)18-15-24-28(2)22(18)29-12-8-9-13-29/h5-6,8-13,15H,3-4,7,14H2,1-2H3,(H,25,31)(H,26,32). The number of fused-ring (bicyclic) bond motifs is 1. The molecule has 0 aliphatic heterocycles. The molecule has 0 atom stereocenters. The summed E-state index contributed by atoms with van der Waals surface area (Å²) in [5, 5.41) is 9.29. The molecule has 0 saturated carbocycles. The Labute approximate surface area is 189 Å². The lowest BCUT2D eigenvalue weighted by molar-refractivity contribution is 0.0843. The molecular formula is C23H25N7O3. The van der Waals surface area contributed by atoms with Crippen LogP contribution in [0.25, 0.3) is 16.6 Å². The van der Waals surface area contributed by atoms with Crippen LogP contribution in [0.3, 0.4) is 0 Å². The minimum atomic E-state index is -0.616. The van der Waals surface area contributed by atoms with E-state index in [4.69, 9.17) is 0 Å². The van der Waals surface area contributed by atoms with Crippen LogP contribution >= 0.6 is 0 Å². The zero-order chi connectivity index (χ0) is 23.4. The van der Waals surface area contributed by atoms with E-state index in [-0.39, 0.29) is 16.8 Å². The van der Waals surface area contributed by atoms with E-state index < -0.39 is 11.8 Å². The molecule has 3 heterocycles. The quantitative estimate of drug-likeness (QED) is 0.333. The van der Waals surface area contributed by atoms with Crippen molar-refractivity contribution in [2.45, 2.75) is 32.7 Å². The molecule has 0 bridgehead atoms. The van der Waals surface area contributed by atoms with Crippen LogP contribution < -0.4 is 16.4 Å². The van der Waals surface area contributed by atoms with Crippen molar-refractivity contribution >= 4 is 22.6 Å². The number of carbonyl (C=O) groups excluding carboxylic acids is 2. The topological polar surface area (TPSA) is 116 Å². The van der Waals surface area contributed by atoms with Crippen LogP contribution in [0.2, 0.25) is 0 Å². The van der Waals surface area contributed by atoms with Gasteiger partial charge in [-0.3, -0.25) is 29.9 Å². The van der Waals surface area contributed by atoms with Crippen LogP contribution in [0.1, 0.15) is 47.0 Å². The maximum Gasteiger partial charge on any atom is 0.290 e. The Kier molecular flexibility index (Phi) is 6.34. The van der Waals surface area contributed by atoms with Gasteiger partial charge in [0.05, 0.1) is 11.6 Å². The van der Waals surface area contributed by atoms with Gasteiger partial charge in [0.2, 0.25) is 0 Å². The summed E-state index contributed by atoms with van der Waals surface area (Å²) >= 11 is 0. The van der Waals surface area contributed by atoms with Crippen molar-refractivity contribution in [2.75, 3.05) is 0 Å². The number of aromatic nitrogens is 5. The maximum atomic E-state index is 13.0. The van der Waals surface area contributed by atoms with Crippen molar-refractivity contribution in [1.29, 1.82) is 0 Å². The molecule has 0 aliphatic carbocycles. The Morgan fingerprint density at radius 2 is 1.67 bits per heavy atom. The number of unbranched alkanes of at least 4 members (excludes halogenated alkanes) is 2. The summed E-state index contributed by atoms with van der Waals surface area (Å²) in [5.74, 6) is -0.587. The average molecular weight is 447 g/mol. The highest BCUT2D eigenvalue weighted by Crippen LogP contribution is 2.15. The molecule has 33 heavy (non-hydrogen) atoms. The summed E-state index contributed by atoms with van der Waals surface area (Å²) in [5.41, 5.74) is 4.97. The molecule has 0 saturated heterocycles. The number of hydrogen-bond donors (Lipinski definition) is 2. The lowest BCUT2D eigenvalue weighted by Gasteiger charge is -2.12. The Balaban J connectivity index is 1.58. The smallest absolute Gasteiger partial charge is 0.290 e. The first-order valence-electron chi connectivity index (χ1n) is 10.8. The normalized spacial score (nSPS) is 11.0. The molecular weight excluding hydrogens is 422 g/mol. The summed E-state index contributed by atoms with van der Waals surface area (Å²) in [4.78, 5) is 38.6. The third kappa shape index (κ3) is 4.40. The number of benzene rings is 1. The molecule has 0 spiro atoms. The first kappa shape index (κ1) is 22.0. The number of rotatable bonds is 7. The predicted octanol–water partition coefficient (Wildman–Crippen LogP) is 2.19. The second kappa shape index (κ2) is 9.51. The number of carbonyl (C=O) groups is 2. The van der Waals surface area contributed by atoms with Crippen molar-refractivity contribution in [3.63, 3.8) is 0 Å². The molecule has 2 N–H and O–H groups in total. The first-order chi connectivity index (χ1) is 16.0. The van der Waals surface area contributed by atoms with Gasteiger partial charge in [0, 0.05) is 31.4 Å². The van der Waals surface area contributed by atoms with E-state index in [9.17, 15) is 14.4 Å². The number of aryl methyl sites for hydroxylation is 2. The second-order valence-electron chi connectivity index (χ2n) is 7.63. The van der Waals surface area contributed by atoms with E-state index in [0.29, 0.717) is 23.1 Å². The van der Waals surface area contributed by atoms with Crippen molar-refractivity contribution < 1.29 is 9.59 Å². The van der Waals surface area contributed by atoms with Crippen LogP contribution in [0.4, 0.5) is 0 Å². The number of hydrogen-bond acceptors (Lipinski definition) is 5. The molecule has 170 valence electrons. The third-order valence-electron chi connectivity index (χ3n) is 5.35. The fourth-order valence-corrected chi connectivity index (χ4v) is 3.68. The molecule has 10 nitrogen and oxygen atoms in total. The zero-order valence-corrected chi connectivity index (χ0v) is 18.5. The van der Waals surface area contributed by atoms with Crippen LogP contribution in [0.5, 0.6) is 0 Å². The van der Waals surface area contributed by atoms with E-state index in [0.717, 1.165) is 19.3 Å². The van der Waals surface area contributed by atoms with Gasteiger partial charge in [0.1, 0.15) is 11.4 Å². The summed E-state index contributed by atoms with van der Waals surface area (Å²) in [6.45, 7) is 2.49. The minimum Gasteiger partial charge on any atom is -0.308 e. The molecule has 1 aromatic carbocycles. The Hall–Kier alpha value is -4.21. The van der Waals surface area contributed by atoms with Gasteiger partial charge in [-0.2, -0.15) is 10.2 Å². The molecule has 0 unspecified atom stereocenters. The number of hydrazine groups is 1. The van der Waals surface area contributed by atoms with E-state index in [2.05, 4.69) is 28.0 Å². The zero-order valence-electron chi connectivity index (χ0n) is 18.5. The highest BCUT2D eigenvalue weighted by molar-refractivity contribution is 6.06. The molecule has 0 aliphatic rings. The first-order valence-corrected chi connectivity index (χ1v) is 10.8. The van der Waals surface area contributed by atoms with Gasteiger partial charge in [-0.1, -0.05) is 38.0 Å². The summed E-state index contributed by atoms with van der Waals surface area (Å²) in [6.07, 6.45) is 7.75. The molecule has 4 rings (SSSR count). The summed E-state index contributed by atoms with van der Waals surface area (Å²) < 4.78 is 4.64. The number of amides is 2.